The quantitative estimate of drug-likeness (QED) is 0.781. The number of aryl methyl sites for hydroxylation is 1. The highest BCUT2D eigenvalue weighted by molar-refractivity contribution is 7.15. The highest BCUT2D eigenvalue weighted by Gasteiger charge is 2.11. The highest BCUT2D eigenvalue weighted by atomic mass is 32.1. The van der Waals surface area contributed by atoms with Crippen molar-refractivity contribution in [3.05, 3.63) is 40.8 Å². The van der Waals surface area contributed by atoms with Crippen molar-refractivity contribution in [2.24, 2.45) is 0 Å². The van der Waals surface area contributed by atoms with Gasteiger partial charge in [0.15, 0.2) is 0 Å². The fourth-order valence-electron chi connectivity index (χ4n) is 2.96. The van der Waals surface area contributed by atoms with E-state index in [1.165, 1.54) is 15.3 Å². The molecular formula is C17H20N4S. The molecule has 3 aromatic rings. The molecule has 1 aliphatic heterocycles. The number of piperazine rings is 1. The van der Waals surface area contributed by atoms with Crippen LogP contribution in [0.5, 0.6) is 0 Å². The van der Waals surface area contributed by atoms with Crippen molar-refractivity contribution in [2.75, 3.05) is 26.2 Å². The minimum Gasteiger partial charge on any atom is -0.337 e. The second kappa shape index (κ2) is 5.83. The molecule has 2 aromatic heterocycles. The van der Waals surface area contributed by atoms with E-state index in [1.54, 1.807) is 11.3 Å². The average molecular weight is 312 g/mol. The standard InChI is InChI=1S/C17H20N4S/c1-12-2-5-16(22-12)17-19-14-4-3-13(10-15(14)20-17)11-21-8-6-18-7-9-21/h2-5,10,18H,6-9,11H2,1H3,(H,19,20). The van der Waals surface area contributed by atoms with Crippen LogP contribution in [0.1, 0.15) is 10.4 Å². The maximum atomic E-state index is 4.72. The van der Waals surface area contributed by atoms with Crippen LogP contribution in [0.25, 0.3) is 21.7 Å². The van der Waals surface area contributed by atoms with Crippen LogP contribution >= 0.6 is 11.3 Å². The molecule has 4 rings (SSSR count). The maximum absolute atomic E-state index is 4.72. The molecule has 0 amide bonds. The fraction of sp³-hybridized carbons (Fsp3) is 0.353. The molecule has 22 heavy (non-hydrogen) atoms. The zero-order valence-electron chi connectivity index (χ0n) is 12.7. The smallest absolute Gasteiger partial charge is 0.148 e. The lowest BCUT2D eigenvalue weighted by Crippen LogP contribution is -2.42. The third-order valence-electron chi connectivity index (χ3n) is 4.14. The van der Waals surface area contributed by atoms with E-state index in [0.29, 0.717) is 0 Å². The van der Waals surface area contributed by atoms with Crippen LogP contribution in [0.4, 0.5) is 0 Å². The first-order chi connectivity index (χ1) is 10.8. The lowest BCUT2D eigenvalue weighted by molar-refractivity contribution is 0.233. The summed E-state index contributed by atoms with van der Waals surface area (Å²) in [4.78, 5) is 13.2. The summed E-state index contributed by atoms with van der Waals surface area (Å²) in [6.07, 6.45) is 0. The van der Waals surface area contributed by atoms with Gasteiger partial charge in [0.05, 0.1) is 15.9 Å². The summed E-state index contributed by atoms with van der Waals surface area (Å²) in [7, 11) is 0. The third-order valence-corrected chi connectivity index (χ3v) is 5.14. The molecule has 0 unspecified atom stereocenters. The van der Waals surface area contributed by atoms with Crippen molar-refractivity contribution in [1.82, 2.24) is 20.2 Å². The molecule has 1 saturated heterocycles. The summed E-state index contributed by atoms with van der Waals surface area (Å²) >= 11 is 1.78. The van der Waals surface area contributed by atoms with Crippen LogP contribution in [-0.2, 0) is 6.54 Å². The van der Waals surface area contributed by atoms with Crippen LogP contribution in [0.15, 0.2) is 30.3 Å². The van der Waals surface area contributed by atoms with Crippen LogP contribution < -0.4 is 5.32 Å². The van der Waals surface area contributed by atoms with E-state index in [4.69, 9.17) is 4.98 Å². The Morgan fingerprint density at radius 2 is 2.05 bits per heavy atom. The SMILES string of the molecule is Cc1ccc(-c2nc3ccc(CN4CCNCC4)cc3[nH]2)s1. The van der Waals surface area contributed by atoms with Gasteiger partial charge in [0.2, 0.25) is 0 Å². The summed E-state index contributed by atoms with van der Waals surface area (Å²) < 4.78 is 0. The Labute approximate surface area is 134 Å². The molecule has 1 fully saturated rings. The van der Waals surface area contributed by atoms with Crippen LogP contribution in [0, 0.1) is 6.92 Å². The third kappa shape index (κ3) is 2.79. The molecule has 0 radical (unpaired) electrons. The summed E-state index contributed by atoms with van der Waals surface area (Å²) in [6.45, 7) is 7.58. The number of rotatable bonds is 3. The fourth-order valence-corrected chi connectivity index (χ4v) is 3.77. The minimum atomic E-state index is 0.979. The van der Waals surface area contributed by atoms with Crippen molar-refractivity contribution in [2.45, 2.75) is 13.5 Å². The van der Waals surface area contributed by atoms with Gasteiger partial charge in [0.25, 0.3) is 0 Å². The molecule has 0 atom stereocenters. The van der Waals surface area contributed by atoms with Gasteiger partial charge in [-0.25, -0.2) is 4.98 Å². The number of fused-ring (bicyclic) bond motifs is 1. The second-order valence-corrected chi connectivity index (χ2v) is 7.16. The molecule has 1 aliphatic rings. The van der Waals surface area contributed by atoms with Gasteiger partial charge in [0.1, 0.15) is 5.82 Å². The first-order valence-electron chi connectivity index (χ1n) is 7.76. The summed E-state index contributed by atoms with van der Waals surface area (Å²) in [6, 6.07) is 10.9. The number of H-pyrrole nitrogens is 1. The van der Waals surface area contributed by atoms with Crippen molar-refractivity contribution in [3.63, 3.8) is 0 Å². The molecule has 114 valence electrons. The average Bonchev–Trinajstić information content (AvgIpc) is 3.14. The minimum absolute atomic E-state index is 0.979. The molecule has 0 saturated carbocycles. The van der Waals surface area contributed by atoms with Gasteiger partial charge in [-0.05, 0) is 36.8 Å². The predicted octanol–water partition coefficient (Wildman–Crippen LogP) is 3.01. The second-order valence-electron chi connectivity index (χ2n) is 5.87. The van der Waals surface area contributed by atoms with Crippen molar-refractivity contribution >= 4 is 22.4 Å². The Bertz CT molecular complexity index is 783. The number of aromatic nitrogens is 2. The van der Waals surface area contributed by atoms with E-state index >= 15 is 0 Å². The Morgan fingerprint density at radius 1 is 1.18 bits per heavy atom. The predicted molar refractivity (Wildman–Crippen MR) is 92.3 cm³/mol. The summed E-state index contributed by atoms with van der Waals surface area (Å²) in [5, 5.41) is 3.40. The van der Waals surface area contributed by atoms with Crippen LogP contribution in [0.2, 0.25) is 0 Å². The van der Waals surface area contributed by atoms with Crippen LogP contribution in [0.3, 0.4) is 0 Å². The lowest BCUT2D eigenvalue weighted by Gasteiger charge is -2.27. The van der Waals surface area contributed by atoms with Gasteiger partial charge in [-0.15, -0.1) is 11.3 Å². The van der Waals surface area contributed by atoms with Gasteiger partial charge in [-0.2, -0.15) is 0 Å². The number of imidazole rings is 1. The number of benzene rings is 1. The Morgan fingerprint density at radius 3 is 2.82 bits per heavy atom. The zero-order valence-corrected chi connectivity index (χ0v) is 13.5. The molecule has 0 aliphatic carbocycles. The number of nitrogens with zero attached hydrogens (tertiary/aromatic N) is 2. The first kappa shape index (κ1) is 13.9. The Balaban J connectivity index is 1.60. The normalized spacial score (nSPS) is 16.4. The molecule has 1 aromatic carbocycles. The van der Waals surface area contributed by atoms with Gasteiger partial charge >= 0.3 is 0 Å². The van der Waals surface area contributed by atoms with Gasteiger partial charge < -0.3 is 10.3 Å². The summed E-state index contributed by atoms with van der Waals surface area (Å²) in [5.41, 5.74) is 3.53. The number of hydrogen-bond donors (Lipinski definition) is 2. The van der Waals surface area contributed by atoms with E-state index in [1.807, 2.05) is 0 Å². The van der Waals surface area contributed by atoms with Gasteiger partial charge in [0, 0.05) is 37.6 Å². The van der Waals surface area contributed by atoms with Crippen molar-refractivity contribution in [1.29, 1.82) is 0 Å². The molecule has 5 heteroatoms. The maximum Gasteiger partial charge on any atom is 0.148 e. The van der Waals surface area contributed by atoms with Crippen LogP contribution in [-0.4, -0.2) is 41.0 Å². The molecule has 3 heterocycles. The van der Waals surface area contributed by atoms with E-state index in [-0.39, 0.29) is 0 Å². The first-order valence-corrected chi connectivity index (χ1v) is 8.58. The summed E-state index contributed by atoms with van der Waals surface area (Å²) in [5.74, 6) is 0.979. The molecular weight excluding hydrogens is 292 g/mol. The van der Waals surface area contributed by atoms with Crippen molar-refractivity contribution < 1.29 is 0 Å². The molecule has 4 nitrogen and oxygen atoms in total. The molecule has 0 spiro atoms. The Hall–Kier alpha value is -1.69. The zero-order chi connectivity index (χ0) is 14.9. The van der Waals surface area contributed by atoms with E-state index in [0.717, 1.165) is 49.6 Å². The van der Waals surface area contributed by atoms with E-state index in [9.17, 15) is 0 Å². The van der Waals surface area contributed by atoms with Crippen molar-refractivity contribution in [3.8, 4) is 10.7 Å². The number of nitrogens with one attached hydrogen (secondary N) is 2. The van der Waals surface area contributed by atoms with E-state index < -0.39 is 0 Å². The number of thiophene rings is 1. The lowest BCUT2D eigenvalue weighted by atomic mass is 10.2. The van der Waals surface area contributed by atoms with E-state index in [2.05, 4.69) is 52.5 Å². The van der Waals surface area contributed by atoms with Gasteiger partial charge in [-0.1, -0.05) is 6.07 Å². The monoisotopic (exact) mass is 312 g/mol. The largest absolute Gasteiger partial charge is 0.337 e. The van der Waals surface area contributed by atoms with Gasteiger partial charge in [-0.3, -0.25) is 4.90 Å². The number of hydrogen-bond acceptors (Lipinski definition) is 4. The topological polar surface area (TPSA) is 44.0 Å². The Kier molecular flexibility index (Phi) is 3.70. The highest BCUT2D eigenvalue weighted by Crippen LogP contribution is 2.27. The number of aromatic amines is 1. The molecule has 2 N–H and O–H groups in total. The molecule has 0 bridgehead atoms.